The van der Waals surface area contributed by atoms with Gasteiger partial charge in [0, 0.05) is 9.50 Å². The molecule has 0 aliphatic rings. The molecule has 0 aliphatic carbocycles. The molecule has 4 nitrogen and oxygen atoms in total. The molecule has 0 saturated heterocycles. The molecule has 0 radical (unpaired) electrons. The van der Waals surface area contributed by atoms with Gasteiger partial charge < -0.3 is 0 Å². The summed E-state index contributed by atoms with van der Waals surface area (Å²) in [6, 6.07) is 10.4. The first kappa shape index (κ1) is 11.9. The van der Waals surface area contributed by atoms with E-state index >= 15 is 0 Å². The van der Waals surface area contributed by atoms with Crippen molar-refractivity contribution in [3.05, 3.63) is 66.6 Å². The van der Waals surface area contributed by atoms with Gasteiger partial charge in [0.2, 0.25) is 0 Å². The van der Waals surface area contributed by atoms with Crippen LogP contribution in [0.5, 0.6) is 0 Å². The van der Waals surface area contributed by atoms with E-state index in [2.05, 4.69) is 15.9 Å². The molecule has 4 aromatic rings. The number of nitrogens with zero attached hydrogens (tertiary/aromatic N) is 2. The molecule has 20 heavy (non-hydrogen) atoms. The van der Waals surface area contributed by atoms with E-state index in [-0.39, 0.29) is 11.1 Å². The fourth-order valence-corrected chi connectivity index (χ4v) is 3.29. The molecule has 4 rings (SSSR count). The molecule has 0 aliphatic heterocycles. The van der Waals surface area contributed by atoms with Crippen LogP contribution in [0.4, 0.5) is 0 Å². The standard InChI is InChI=1S/C14H6BrClN2O2/c15-9-2-1-3-10-12(9)14(20)18-13(19)8-5-4-7(16)6-11(8)17(10)18/h1-6H. The van der Waals surface area contributed by atoms with Crippen molar-refractivity contribution in [3.63, 3.8) is 0 Å². The van der Waals surface area contributed by atoms with Crippen LogP contribution in [0.3, 0.4) is 0 Å². The molecule has 2 aromatic heterocycles. The molecule has 0 N–H and O–H groups in total. The zero-order valence-electron chi connectivity index (χ0n) is 9.93. The lowest BCUT2D eigenvalue weighted by Gasteiger charge is -1.96. The van der Waals surface area contributed by atoms with Crippen LogP contribution >= 0.6 is 27.5 Å². The van der Waals surface area contributed by atoms with Crippen LogP contribution < -0.4 is 11.1 Å². The first-order valence-electron chi connectivity index (χ1n) is 5.86. The molecule has 2 aromatic carbocycles. The highest BCUT2D eigenvalue weighted by Gasteiger charge is 2.18. The molecular formula is C14H6BrClN2O2. The van der Waals surface area contributed by atoms with Gasteiger partial charge in [0.05, 0.1) is 21.8 Å². The predicted octanol–water partition coefficient (Wildman–Crippen LogP) is 2.92. The first-order valence-corrected chi connectivity index (χ1v) is 7.03. The highest BCUT2D eigenvalue weighted by Crippen LogP contribution is 2.24. The van der Waals surface area contributed by atoms with E-state index < -0.39 is 0 Å². The minimum atomic E-state index is -0.329. The summed E-state index contributed by atoms with van der Waals surface area (Å²) in [5.74, 6) is 0. The van der Waals surface area contributed by atoms with E-state index in [1.54, 1.807) is 34.8 Å². The lowest BCUT2D eigenvalue weighted by atomic mass is 10.2. The Kier molecular flexibility index (Phi) is 2.29. The minimum Gasteiger partial charge on any atom is -0.267 e. The van der Waals surface area contributed by atoms with E-state index in [4.69, 9.17) is 11.6 Å². The second-order valence-electron chi connectivity index (χ2n) is 4.53. The van der Waals surface area contributed by atoms with Crippen LogP contribution in [0.15, 0.2) is 50.5 Å². The molecule has 0 fully saturated rings. The van der Waals surface area contributed by atoms with Crippen LogP contribution in [-0.2, 0) is 0 Å². The minimum absolute atomic E-state index is 0.329. The fraction of sp³-hybridized carbons (Fsp3) is 0. The first-order chi connectivity index (χ1) is 9.59. The Morgan fingerprint density at radius 1 is 0.950 bits per heavy atom. The quantitative estimate of drug-likeness (QED) is 0.490. The van der Waals surface area contributed by atoms with Crippen molar-refractivity contribution in [3.8, 4) is 0 Å². The van der Waals surface area contributed by atoms with Gasteiger partial charge in [-0.3, -0.25) is 9.59 Å². The average Bonchev–Trinajstić information content (AvgIpc) is 2.87. The Morgan fingerprint density at radius 2 is 1.75 bits per heavy atom. The molecule has 0 saturated carbocycles. The van der Waals surface area contributed by atoms with Gasteiger partial charge in [-0.05, 0) is 46.3 Å². The molecule has 6 heteroatoms. The maximum atomic E-state index is 12.5. The molecule has 0 bridgehead atoms. The summed E-state index contributed by atoms with van der Waals surface area (Å²) in [4.78, 5) is 24.8. The number of hydrogen-bond donors (Lipinski definition) is 0. The summed E-state index contributed by atoms with van der Waals surface area (Å²) in [5.41, 5.74) is 0.654. The van der Waals surface area contributed by atoms with Gasteiger partial charge in [-0.15, -0.1) is 0 Å². The van der Waals surface area contributed by atoms with Crippen molar-refractivity contribution in [2.75, 3.05) is 0 Å². The lowest BCUT2D eigenvalue weighted by molar-refractivity contribution is 0.841. The number of rotatable bonds is 0. The van der Waals surface area contributed by atoms with E-state index in [1.165, 1.54) is 0 Å². The second kappa shape index (κ2) is 3.84. The van der Waals surface area contributed by atoms with E-state index in [0.29, 0.717) is 31.3 Å². The van der Waals surface area contributed by atoms with Gasteiger partial charge in [-0.2, -0.15) is 4.52 Å². The lowest BCUT2D eigenvalue weighted by Crippen LogP contribution is -2.21. The summed E-state index contributed by atoms with van der Waals surface area (Å²) in [6.07, 6.45) is 0. The summed E-state index contributed by atoms with van der Waals surface area (Å²) in [6.45, 7) is 0. The Bertz CT molecular complexity index is 1110. The van der Waals surface area contributed by atoms with Crippen molar-refractivity contribution < 1.29 is 0 Å². The van der Waals surface area contributed by atoms with Crippen LogP contribution in [0, 0.1) is 0 Å². The number of aromatic nitrogens is 2. The number of benzene rings is 2. The SMILES string of the molecule is O=c1c2ccc(Cl)cc2n2c3cccc(Br)c3c(=O)n12. The highest BCUT2D eigenvalue weighted by atomic mass is 79.9. The largest absolute Gasteiger partial charge is 0.283 e. The molecule has 98 valence electrons. The van der Waals surface area contributed by atoms with Crippen molar-refractivity contribution in [1.29, 1.82) is 0 Å². The average molecular weight is 350 g/mol. The second-order valence-corrected chi connectivity index (χ2v) is 5.82. The van der Waals surface area contributed by atoms with Crippen molar-refractivity contribution in [2.45, 2.75) is 0 Å². The monoisotopic (exact) mass is 348 g/mol. The van der Waals surface area contributed by atoms with Crippen molar-refractivity contribution in [1.82, 2.24) is 9.03 Å². The third kappa shape index (κ3) is 1.31. The van der Waals surface area contributed by atoms with Crippen molar-refractivity contribution >= 4 is 49.3 Å². The molecule has 0 amide bonds. The maximum absolute atomic E-state index is 12.5. The van der Waals surface area contributed by atoms with Crippen LogP contribution in [0.2, 0.25) is 5.02 Å². The van der Waals surface area contributed by atoms with Gasteiger partial charge in [-0.1, -0.05) is 17.7 Å². The van der Waals surface area contributed by atoms with E-state index in [9.17, 15) is 9.59 Å². The Morgan fingerprint density at radius 3 is 2.55 bits per heavy atom. The molecule has 0 atom stereocenters. The summed E-state index contributed by atoms with van der Waals surface area (Å²) in [5, 5.41) is 1.49. The van der Waals surface area contributed by atoms with E-state index in [0.717, 1.165) is 4.52 Å². The topological polar surface area (TPSA) is 43.0 Å². The van der Waals surface area contributed by atoms with Gasteiger partial charge in [-0.25, -0.2) is 4.52 Å². The normalized spacial score (nSPS) is 11.9. The Labute approximate surface area is 125 Å². The summed E-state index contributed by atoms with van der Waals surface area (Å²) >= 11 is 9.36. The van der Waals surface area contributed by atoms with Gasteiger partial charge >= 0.3 is 0 Å². The number of halogens is 2. The zero-order valence-corrected chi connectivity index (χ0v) is 12.3. The van der Waals surface area contributed by atoms with Crippen LogP contribution in [-0.4, -0.2) is 9.03 Å². The van der Waals surface area contributed by atoms with Gasteiger partial charge in [0.15, 0.2) is 0 Å². The Balaban J connectivity index is 2.49. The summed E-state index contributed by atoms with van der Waals surface area (Å²) < 4.78 is 3.44. The van der Waals surface area contributed by atoms with Gasteiger partial charge in [0.1, 0.15) is 0 Å². The van der Waals surface area contributed by atoms with Crippen LogP contribution in [0.1, 0.15) is 0 Å². The molecular weight excluding hydrogens is 344 g/mol. The predicted molar refractivity (Wildman–Crippen MR) is 82.3 cm³/mol. The molecule has 0 spiro atoms. The van der Waals surface area contributed by atoms with E-state index in [1.807, 2.05) is 6.07 Å². The fourth-order valence-electron chi connectivity index (χ4n) is 2.60. The molecule has 0 unspecified atom stereocenters. The Hall–Kier alpha value is -1.85. The highest BCUT2D eigenvalue weighted by molar-refractivity contribution is 9.10. The molecule has 2 heterocycles. The van der Waals surface area contributed by atoms with Crippen LogP contribution in [0.25, 0.3) is 21.8 Å². The third-order valence-corrected chi connectivity index (χ3v) is 4.33. The van der Waals surface area contributed by atoms with Gasteiger partial charge in [0.25, 0.3) is 11.1 Å². The summed E-state index contributed by atoms with van der Waals surface area (Å²) in [7, 11) is 0. The number of fused-ring (bicyclic) bond motifs is 5. The smallest absolute Gasteiger partial charge is 0.267 e. The maximum Gasteiger partial charge on any atom is 0.283 e. The zero-order chi connectivity index (χ0) is 14.0. The number of hydrogen-bond acceptors (Lipinski definition) is 2. The third-order valence-electron chi connectivity index (χ3n) is 3.44. The van der Waals surface area contributed by atoms with Crippen molar-refractivity contribution in [2.24, 2.45) is 0 Å².